The van der Waals surface area contributed by atoms with Crippen molar-refractivity contribution in [2.24, 2.45) is 17.3 Å². The van der Waals surface area contributed by atoms with Crippen LogP contribution >= 0.6 is 0 Å². The molecule has 2 aliphatic rings. The number of nitrogens with one attached hydrogen (secondary N) is 1. The Kier molecular flexibility index (Phi) is 4.70. The summed E-state index contributed by atoms with van der Waals surface area (Å²) in [4.78, 5) is 12.4. The molecule has 1 aliphatic carbocycles. The van der Waals surface area contributed by atoms with Gasteiger partial charge >= 0.3 is 0 Å². The predicted molar refractivity (Wildman–Crippen MR) is 76.8 cm³/mol. The zero-order valence-corrected chi connectivity index (χ0v) is 12.8. The summed E-state index contributed by atoms with van der Waals surface area (Å²) >= 11 is 0. The minimum Gasteiger partial charge on any atom is -0.374 e. The zero-order valence-electron chi connectivity index (χ0n) is 12.8. The molecule has 0 radical (unpaired) electrons. The van der Waals surface area contributed by atoms with Crippen molar-refractivity contribution in [2.75, 3.05) is 6.54 Å². The van der Waals surface area contributed by atoms with Crippen LogP contribution in [0, 0.1) is 28.6 Å². The molecule has 1 amide bonds. The summed E-state index contributed by atoms with van der Waals surface area (Å²) in [6.45, 7) is 6.54. The van der Waals surface area contributed by atoms with Crippen molar-refractivity contribution in [3.63, 3.8) is 0 Å². The second kappa shape index (κ2) is 6.13. The predicted octanol–water partition coefficient (Wildman–Crippen LogP) is 2.64. The molecule has 0 aromatic rings. The van der Waals surface area contributed by atoms with Crippen molar-refractivity contribution >= 4 is 5.91 Å². The Hall–Kier alpha value is -1.08. The van der Waals surface area contributed by atoms with E-state index in [9.17, 15) is 10.1 Å². The molecule has 20 heavy (non-hydrogen) atoms. The van der Waals surface area contributed by atoms with E-state index < -0.39 is 0 Å². The van der Waals surface area contributed by atoms with Gasteiger partial charge < -0.3 is 10.1 Å². The maximum absolute atomic E-state index is 12.4. The molecule has 0 bridgehead atoms. The number of nitriles is 1. The van der Waals surface area contributed by atoms with Gasteiger partial charge in [-0.15, -0.1) is 0 Å². The van der Waals surface area contributed by atoms with Crippen LogP contribution in [-0.4, -0.2) is 24.7 Å². The Morgan fingerprint density at radius 1 is 1.25 bits per heavy atom. The lowest BCUT2D eigenvalue weighted by Crippen LogP contribution is -2.43. The van der Waals surface area contributed by atoms with Gasteiger partial charge in [0.05, 0.1) is 29.6 Å². The summed E-state index contributed by atoms with van der Waals surface area (Å²) < 4.78 is 5.72. The first-order valence-corrected chi connectivity index (χ1v) is 7.83. The molecule has 0 spiro atoms. The quantitative estimate of drug-likeness (QED) is 0.863. The van der Waals surface area contributed by atoms with E-state index in [2.05, 4.69) is 18.3 Å². The number of hydrogen-bond donors (Lipinski definition) is 1. The van der Waals surface area contributed by atoms with Crippen molar-refractivity contribution in [1.29, 1.82) is 5.26 Å². The fourth-order valence-electron chi connectivity index (χ4n) is 3.65. The number of rotatable bonds is 3. The molecular weight excluding hydrogens is 252 g/mol. The second-order valence-electron chi connectivity index (χ2n) is 6.60. The molecule has 4 atom stereocenters. The molecular formula is C16H26N2O2. The van der Waals surface area contributed by atoms with E-state index in [0.717, 1.165) is 25.7 Å². The monoisotopic (exact) mass is 278 g/mol. The van der Waals surface area contributed by atoms with Crippen LogP contribution in [0.15, 0.2) is 0 Å². The average Bonchev–Trinajstić information content (AvgIpc) is 2.71. The highest BCUT2D eigenvalue weighted by molar-refractivity contribution is 5.80. The third kappa shape index (κ3) is 2.98. The highest BCUT2D eigenvalue weighted by Gasteiger charge is 2.42. The third-order valence-corrected chi connectivity index (χ3v) is 5.19. The molecule has 4 unspecified atom stereocenters. The molecule has 1 aliphatic heterocycles. The van der Waals surface area contributed by atoms with Crippen LogP contribution in [-0.2, 0) is 9.53 Å². The van der Waals surface area contributed by atoms with Gasteiger partial charge in [0.15, 0.2) is 0 Å². The number of hydrogen-bond acceptors (Lipinski definition) is 3. The summed E-state index contributed by atoms with van der Waals surface area (Å²) in [5.41, 5.74) is -0.342. The summed E-state index contributed by atoms with van der Waals surface area (Å²) in [6, 6.07) is 2.45. The maximum atomic E-state index is 12.4. The second-order valence-corrected chi connectivity index (χ2v) is 6.60. The highest BCUT2D eigenvalue weighted by Crippen LogP contribution is 2.36. The smallest absolute Gasteiger partial charge is 0.226 e. The summed E-state index contributed by atoms with van der Waals surface area (Å²) in [7, 11) is 0. The van der Waals surface area contributed by atoms with E-state index in [1.807, 2.05) is 13.8 Å². The lowest BCUT2D eigenvalue weighted by Gasteiger charge is -2.31. The number of carbonyl (C=O) groups is 1. The Morgan fingerprint density at radius 2 is 1.90 bits per heavy atom. The first-order valence-electron chi connectivity index (χ1n) is 7.83. The Bertz CT molecular complexity index is 396. The summed E-state index contributed by atoms with van der Waals surface area (Å²) in [5, 5.41) is 12.5. The fraction of sp³-hybridized carbons (Fsp3) is 0.875. The minimum absolute atomic E-state index is 0.0376. The molecule has 2 rings (SSSR count). The lowest BCUT2D eigenvalue weighted by atomic mass is 9.75. The van der Waals surface area contributed by atoms with Gasteiger partial charge in [0.25, 0.3) is 0 Å². The van der Waals surface area contributed by atoms with E-state index in [-0.39, 0.29) is 35.4 Å². The third-order valence-electron chi connectivity index (χ3n) is 5.19. The molecule has 4 heteroatoms. The van der Waals surface area contributed by atoms with Crippen molar-refractivity contribution < 1.29 is 9.53 Å². The molecule has 2 fully saturated rings. The lowest BCUT2D eigenvalue weighted by molar-refractivity contribution is -0.127. The van der Waals surface area contributed by atoms with Gasteiger partial charge in [-0.25, -0.2) is 0 Å². The van der Waals surface area contributed by atoms with E-state index in [1.165, 1.54) is 6.42 Å². The molecule has 1 heterocycles. The normalized spacial score (nSPS) is 36.3. The molecule has 0 aromatic heterocycles. The van der Waals surface area contributed by atoms with Crippen molar-refractivity contribution in [3.05, 3.63) is 0 Å². The van der Waals surface area contributed by atoms with Crippen LogP contribution in [0.3, 0.4) is 0 Å². The molecule has 1 N–H and O–H groups in total. The van der Waals surface area contributed by atoms with Crippen LogP contribution in [0.4, 0.5) is 0 Å². The Morgan fingerprint density at radius 3 is 2.40 bits per heavy atom. The average molecular weight is 278 g/mol. The van der Waals surface area contributed by atoms with E-state index in [1.54, 1.807) is 0 Å². The topological polar surface area (TPSA) is 62.1 Å². The molecule has 0 aromatic carbocycles. The van der Waals surface area contributed by atoms with Gasteiger partial charge in [0, 0.05) is 6.54 Å². The van der Waals surface area contributed by atoms with Crippen LogP contribution < -0.4 is 5.32 Å². The van der Waals surface area contributed by atoms with Gasteiger partial charge in [0.2, 0.25) is 5.91 Å². The number of ether oxygens (including phenoxy) is 1. The molecule has 1 saturated carbocycles. The van der Waals surface area contributed by atoms with Crippen LogP contribution in [0.5, 0.6) is 0 Å². The molecule has 4 nitrogen and oxygen atoms in total. The highest BCUT2D eigenvalue weighted by atomic mass is 16.5. The van der Waals surface area contributed by atoms with Crippen LogP contribution in [0.25, 0.3) is 0 Å². The van der Waals surface area contributed by atoms with Crippen LogP contribution in [0.2, 0.25) is 0 Å². The summed E-state index contributed by atoms with van der Waals surface area (Å²) in [5.74, 6) is 0.188. The van der Waals surface area contributed by atoms with Crippen molar-refractivity contribution in [3.8, 4) is 6.07 Å². The summed E-state index contributed by atoms with van der Waals surface area (Å²) in [6.07, 6.45) is 5.31. The Labute approximate surface area is 121 Å². The van der Waals surface area contributed by atoms with Crippen molar-refractivity contribution in [2.45, 2.75) is 65.1 Å². The first kappa shape index (κ1) is 15.3. The number of carbonyl (C=O) groups excluding carboxylic acids is 1. The van der Waals surface area contributed by atoms with E-state index in [4.69, 9.17) is 4.74 Å². The Balaban J connectivity index is 1.93. The van der Waals surface area contributed by atoms with Gasteiger partial charge in [-0.05, 0) is 32.6 Å². The minimum atomic E-state index is -0.342. The molecule has 112 valence electrons. The first-order chi connectivity index (χ1) is 9.49. The number of nitrogens with zero attached hydrogens (tertiary/aromatic N) is 1. The fourth-order valence-corrected chi connectivity index (χ4v) is 3.65. The van der Waals surface area contributed by atoms with Crippen LogP contribution in [0.1, 0.15) is 52.9 Å². The van der Waals surface area contributed by atoms with Crippen molar-refractivity contribution in [1.82, 2.24) is 5.32 Å². The van der Waals surface area contributed by atoms with Gasteiger partial charge in [0.1, 0.15) is 0 Å². The molecule has 1 saturated heterocycles. The maximum Gasteiger partial charge on any atom is 0.226 e. The van der Waals surface area contributed by atoms with Gasteiger partial charge in [-0.2, -0.15) is 5.26 Å². The SMILES string of the molecule is CC1OC(C)C(C(=O)NCC2(C#N)CCCCC2)C1C. The largest absolute Gasteiger partial charge is 0.374 e. The number of amides is 1. The van der Waals surface area contributed by atoms with Gasteiger partial charge in [-0.3, -0.25) is 4.79 Å². The van der Waals surface area contributed by atoms with Gasteiger partial charge in [-0.1, -0.05) is 26.2 Å². The van der Waals surface area contributed by atoms with E-state index >= 15 is 0 Å². The van der Waals surface area contributed by atoms with E-state index in [0.29, 0.717) is 6.54 Å². The standard InChI is InChI=1S/C16H26N2O2/c1-11-12(2)20-13(3)14(11)15(19)18-10-16(9-17)7-5-4-6-8-16/h11-14H,4-8,10H2,1-3H3,(H,18,19). The zero-order chi connectivity index (χ0) is 14.8.